The fourth-order valence-electron chi connectivity index (χ4n) is 4.77. The maximum Gasteiger partial charge on any atom is 3.00 e. The van der Waals surface area contributed by atoms with Crippen LogP contribution in [0.25, 0.3) is 5.32 Å². The molecule has 1 saturated heterocycles. The number of aliphatic imine (C=N–C) groups is 1. The van der Waals surface area contributed by atoms with Crippen LogP contribution in [0.2, 0.25) is 39.3 Å². The van der Waals surface area contributed by atoms with E-state index in [1.165, 1.54) is 35.1 Å². The second kappa shape index (κ2) is 23.2. The van der Waals surface area contributed by atoms with Gasteiger partial charge in [-0.3, -0.25) is 4.99 Å². The minimum atomic E-state index is -0.861. The van der Waals surface area contributed by atoms with Gasteiger partial charge in [0.2, 0.25) is 0 Å². The van der Waals surface area contributed by atoms with E-state index in [0.29, 0.717) is 23.7 Å². The van der Waals surface area contributed by atoms with Crippen LogP contribution in [0.5, 0.6) is 0 Å². The molecular formula is C43H69N2OSi2Y. The fourth-order valence-corrected chi connectivity index (χ4v) is 4.77. The van der Waals surface area contributed by atoms with E-state index in [2.05, 4.69) is 168 Å². The van der Waals surface area contributed by atoms with Crippen LogP contribution >= 0.6 is 0 Å². The van der Waals surface area contributed by atoms with Crippen LogP contribution < -0.4 is 0 Å². The van der Waals surface area contributed by atoms with Gasteiger partial charge in [-0.2, -0.15) is 0 Å². The van der Waals surface area contributed by atoms with Crippen LogP contribution in [-0.4, -0.2) is 35.6 Å². The molecule has 4 rings (SSSR count). The van der Waals surface area contributed by atoms with Crippen LogP contribution in [0.15, 0.2) is 65.7 Å². The summed E-state index contributed by atoms with van der Waals surface area (Å²) in [6.07, 6.45) is 4.55. The summed E-state index contributed by atoms with van der Waals surface area (Å²) in [6.45, 7) is 41.0. The van der Waals surface area contributed by atoms with E-state index in [9.17, 15) is 0 Å². The van der Waals surface area contributed by atoms with Gasteiger partial charge in [0.1, 0.15) is 0 Å². The molecule has 0 saturated carbocycles. The fraction of sp³-hybridized carbons (Fsp3) is 0.512. The van der Waals surface area contributed by atoms with Gasteiger partial charge < -0.3 is 23.1 Å². The van der Waals surface area contributed by atoms with Gasteiger partial charge in [-0.25, -0.2) is 0 Å². The molecule has 1 fully saturated rings. The zero-order chi connectivity index (χ0) is 36.7. The first-order valence-electron chi connectivity index (χ1n) is 18.1. The molecule has 3 aromatic rings. The molecule has 0 N–H and O–H groups in total. The smallest absolute Gasteiger partial charge is 0.657 e. The van der Waals surface area contributed by atoms with Gasteiger partial charge in [-0.15, -0.1) is 27.5 Å². The predicted molar refractivity (Wildman–Crippen MR) is 223 cm³/mol. The molecule has 0 spiro atoms. The average Bonchev–Trinajstić information content (AvgIpc) is 3.55. The molecular weight excluding hydrogens is 706 g/mol. The first-order valence-corrected chi connectivity index (χ1v) is 25.5. The average molecular weight is 775 g/mol. The van der Waals surface area contributed by atoms with Gasteiger partial charge in [0.15, 0.2) is 0 Å². The number of para-hydroxylation sites is 3. The number of hydrogen-bond acceptors (Lipinski definition) is 2. The van der Waals surface area contributed by atoms with E-state index in [4.69, 9.17) is 15.0 Å². The summed E-state index contributed by atoms with van der Waals surface area (Å²) < 4.78 is 4.94. The van der Waals surface area contributed by atoms with E-state index < -0.39 is 16.1 Å². The van der Waals surface area contributed by atoms with Crippen LogP contribution in [0.4, 0.5) is 17.1 Å². The number of benzene rings is 3. The second-order valence-electron chi connectivity index (χ2n) is 16.6. The molecule has 1 aliphatic heterocycles. The third-order valence-electron chi connectivity index (χ3n) is 7.01. The number of hydrogen-bond donors (Lipinski definition) is 0. The summed E-state index contributed by atoms with van der Waals surface area (Å²) in [6, 6.07) is 21.5. The van der Waals surface area contributed by atoms with Gasteiger partial charge in [0, 0.05) is 19.4 Å². The molecule has 6 heteroatoms. The zero-order valence-corrected chi connectivity index (χ0v) is 38.6. The number of nitrogens with zero attached hydrogens (tertiary/aromatic N) is 2. The Morgan fingerprint density at radius 2 is 0.980 bits per heavy atom. The van der Waals surface area contributed by atoms with Gasteiger partial charge >= 0.3 is 32.7 Å². The molecule has 268 valence electrons. The molecule has 3 aromatic carbocycles. The van der Waals surface area contributed by atoms with Gasteiger partial charge in [-0.1, -0.05) is 166 Å². The number of rotatable bonds is 8. The SMILES string of the molecule is C1CCOC1.CC(C)c1cccc(C(C)C)c1N=Cc1ccccc1[N-]c1c(C(C)C)cccc1C(C)C.[CH2-][Si](C)(C)C.[CH2-][Si](C)(C)C.[Y+3]. The van der Waals surface area contributed by atoms with E-state index in [1.807, 2.05) is 6.21 Å². The molecule has 1 heterocycles. The third kappa shape index (κ3) is 20.3. The second-order valence-corrected chi connectivity index (χ2v) is 26.8. The first-order chi connectivity index (χ1) is 22.2. The molecule has 0 atom stereocenters. The van der Waals surface area contributed by atoms with Crippen molar-refractivity contribution in [2.45, 2.75) is 131 Å². The van der Waals surface area contributed by atoms with E-state index in [1.54, 1.807) is 0 Å². The minimum Gasteiger partial charge on any atom is -0.657 e. The monoisotopic (exact) mass is 774 g/mol. The molecule has 0 amide bonds. The Hall–Kier alpha value is -1.37. The summed E-state index contributed by atoms with van der Waals surface area (Å²) in [5.41, 5.74) is 9.37. The summed E-state index contributed by atoms with van der Waals surface area (Å²) in [4.78, 5) is 5.05. The quantitative estimate of drug-likeness (QED) is 0.128. The molecule has 0 radical (unpaired) electrons. The van der Waals surface area contributed by atoms with E-state index >= 15 is 0 Å². The summed E-state index contributed by atoms with van der Waals surface area (Å²) >= 11 is 0. The normalized spacial score (nSPS) is 13.0. The Bertz CT molecular complexity index is 1300. The van der Waals surface area contributed by atoms with Crippen molar-refractivity contribution in [2.24, 2.45) is 4.99 Å². The molecule has 0 aliphatic carbocycles. The summed E-state index contributed by atoms with van der Waals surface area (Å²) in [5.74, 6) is 1.66. The van der Waals surface area contributed by atoms with Crippen molar-refractivity contribution in [2.75, 3.05) is 13.2 Å². The van der Waals surface area contributed by atoms with Gasteiger partial charge in [0.25, 0.3) is 0 Å². The molecule has 3 nitrogen and oxygen atoms in total. The minimum absolute atomic E-state index is 0. The molecule has 49 heavy (non-hydrogen) atoms. The third-order valence-corrected chi connectivity index (χ3v) is 7.01. The standard InChI is InChI=1S/C31H39N2.C4H8O.2C4H11Si.Y/c1-20(2)25-14-11-15-26(21(3)4)30(25)32-19-24-13-9-10-18-29(24)33-31-27(22(5)6)16-12-17-28(31)23(7)8;1-2-4-5-3-1;2*1-5(2,3)4;/h9-23H,1-8H3;1-4H2;2*1H2,2-4H3;/q-1;;2*-1;+3. The Kier molecular flexibility index (Phi) is 22.6. The summed E-state index contributed by atoms with van der Waals surface area (Å²) in [5, 5.41) is 5.22. The van der Waals surface area contributed by atoms with Crippen LogP contribution in [0, 0.1) is 13.1 Å². The Morgan fingerprint density at radius 3 is 1.33 bits per heavy atom. The topological polar surface area (TPSA) is 35.7 Å². The van der Waals surface area contributed by atoms with Crippen LogP contribution in [0.3, 0.4) is 0 Å². The predicted octanol–water partition coefficient (Wildman–Crippen LogP) is 14.5. The zero-order valence-electron chi connectivity index (χ0n) is 33.8. The van der Waals surface area contributed by atoms with Gasteiger partial charge in [-0.05, 0) is 53.2 Å². The molecule has 1 aliphatic rings. The molecule has 0 unspecified atom stereocenters. The Labute approximate surface area is 330 Å². The van der Waals surface area contributed by atoms with Crippen molar-refractivity contribution in [3.63, 3.8) is 0 Å². The first kappa shape index (κ1) is 47.6. The van der Waals surface area contributed by atoms with E-state index in [-0.39, 0.29) is 32.7 Å². The van der Waals surface area contributed by atoms with E-state index in [0.717, 1.165) is 35.8 Å². The number of ether oxygens (including phenoxy) is 1. The maximum atomic E-state index is 5.22. The van der Waals surface area contributed by atoms with Crippen molar-refractivity contribution < 1.29 is 37.4 Å². The van der Waals surface area contributed by atoms with Crippen LogP contribution in [0.1, 0.15) is 120 Å². The van der Waals surface area contributed by atoms with Crippen molar-refractivity contribution in [1.82, 2.24) is 0 Å². The van der Waals surface area contributed by atoms with Crippen molar-refractivity contribution >= 4 is 39.4 Å². The Morgan fingerprint density at radius 1 is 0.612 bits per heavy atom. The maximum absolute atomic E-state index is 5.22. The van der Waals surface area contributed by atoms with Crippen molar-refractivity contribution in [1.29, 1.82) is 0 Å². The van der Waals surface area contributed by atoms with Gasteiger partial charge in [0.05, 0.1) is 5.69 Å². The Balaban J connectivity index is 0.00000119. The van der Waals surface area contributed by atoms with Crippen molar-refractivity contribution in [3.8, 4) is 0 Å². The summed E-state index contributed by atoms with van der Waals surface area (Å²) in [7, 11) is -1.72. The van der Waals surface area contributed by atoms with Crippen LogP contribution in [-0.2, 0) is 37.4 Å². The molecule has 0 bridgehead atoms. The van der Waals surface area contributed by atoms with Crippen molar-refractivity contribution in [3.05, 3.63) is 107 Å². The molecule has 0 aromatic heterocycles. The largest absolute Gasteiger partial charge is 3.00 e.